The molecule has 3 rings (SSSR count). The Labute approximate surface area is 145 Å². The third-order valence-electron chi connectivity index (χ3n) is 4.62. The van der Waals surface area contributed by atoms with Crippen LogP contribution in [0.3, 0.4) is 0 Å². The molecule has 0 aliphatic carbocycles. The zero-order valence-corrected chi connectivity index (χ0v) is 14.3. The molecule has 2 heterocycles. The number of hydrogen-bond acceptors (Lipinski definition) is 3. The van der Waals surface area contributed by atoms with Crippen LogP contribution >= 0.6 is 0 Å². The van der Waals surface area contributed by atoms with Crippen molar-refractivity contribution in [2.24, 2.45) is 13.0 Å². The fourth-order valence-corrected chi connectivity index (χ4v) is 3.33. The molecule has 2 atom stereocenters. The van der Waals surface area contributed by atoms with E-state index in [0.717, 1.165) is 5.56 Å². The number of hydrogen-bond donors (Lipinski definition) is 1. The summed E-state index contributed by atoms with van der Waals surface area (Å²) >= 11 is 0. The largest absolute Gasteiger partial charge is 0.352 e. The van der Waals surface area contributed by atoms with Crippen LogP contribution in [0.25, 0.3) is 0 Å². The molecule has 0 saturated carbocycles. The fraction of sp³-hybridized carbons (Fsp3) is 0.389. The minimum Gasteiger partial charge on any atom is -0.352 e. The molecule has 132 valence electrons. The summed E-state index contributed by atoms with van der Waals surface area (Å²) in [5.41, 5.74) is 1.54. The standard InChI is InChI=1S/C18H21FN4O2/c1-22-11-13(10-21-22)17-15(6-7-16(24)23(17)2)18(25)20-9-12-4-3-5-14(19)8-12/h3-5,8,10-11,15,17H,6-7,9H2,1-2H3,(H,20,25)/t15-,17-/m1/s1. The van der Waals surface area contributed by atoms with Crippen LogP contribution in [-0.2, 0) is 23.2 Å². The van der Waals surface area contributed by atoms with Crippen molar-refractivity contribution in [2.45, 2.75) is 25.4 Å². The lowest BCUT2D eigenvalue weighted by Gasteiger charge is -2.37. The summed E-state index contributed by atoms with van der Waals surface area (Å²) in [5.74, 6) is -0.816. The van der Waals surface area contributed by atoms with Crippen molar-refractivity contribution < 1.29 is 14.0 Å². The van der Waals surface area contributed by atoms with Crippen molar-refractivity contribution in [2.75, 3.05) is 7.05 Å². The van der Waals surface area contributed by atoms with Gasteiger partial charge >= 0.3 is 0 Å². The maximum absolute atomic E-state index is 13.3. The van der Waals surface area contributed by atoms with Gasteiger partial charge in [-0.2, -0.15) is 5.10 Å². The molecule has 2 amide bonds. The molecule has 1 aromatic heterocycles. The summed E-state index contributed by atoms with van der Waals surface area (Å²) in [4.78, 5) is 26.4. The van der Waals surface area contributed by atoms with Gasteiger partial charge in [-0.3, -0.25) is 14.3 Å². The van der Waals surface area contributed by atoms with Crippen LogP contribution in [0.4, 0.5) is 4.39 Å². The molecule has 0 radical (unpaired) electrons. The first kappa shape index (κ1) is 17.1. The number of piperidine rings is 1. The van der Waals surface area contributed by atoms with Crippen LogP contribution in [0.1, 0.15) is 30.0 Å². The Hall–Kier alpha value is -2.70. The smallest absolute Gasteiger partial charge is 0.225 e. The fourth-order valence-electron chi connectivity index (χ4n) is 3.33. The number of likely N-dealkylation sites (tertiary alicyclic amines) is 1. The van der Waals surface area contributed by atoms with Gasteiger partial charge in [-0.25, -0.2) is 4.39 Å². The zero-order valence-electron chi connectivity index (χ0n) is 14.3. The lowest BCUT2D eigenvalue weighted by atomic mass is 9.85. The van der Waals surface area contributed by atoms with Crippen molar-refractivity contribution >= 4 is 11.8 Å². The molecule has 1 N–H and O–H groups in total. The summed E-state index contributed by atoms with van der Waals surface area (Å²) < 4.78 is 14.9. The van der Waals surface area contributed by atoms with Gasteiger partial charge in [0, 0.05) is 38.8 Å². The molecular formula is C18H21FN4O2. The van der Waals surface area contributed by atoms with Gasteiger partial charge in [0.1, 0.15) is 5.82 Å². The number of nitrogens with one attached hydrogen (secondary N) is 1. The first-order valence-electron chi connectivity index (χ1n) is 8.22. The highest BCUT2D eigenvalue weighted by Crippen LogP contribution is 2.35. The maximum Gasteiger partial charge on any atom is 0.225 e. The minimum atomic E-state index is -0.361. The van der Waals surface area contributed by atoms with Crippen molar-refractivity contribution in [3.05, 3.63) is 53.6 Å². The van der Waals surface area contributed by atoms with Crippen LogP contribution in [0.2, 0.25) is 0 Å². The number of aryl methyl sites for hydroxylation is 1. The van der Waals surface area contributed by atoms with Gasteiger partial charge in [0.15, 0.2) is 0 Å². The average molecular weight is 344 g/mol. The van der Waals surface area contributed by atoms with Crippen LogP contribution in [0.5, 0.6) is 0 Å². The van der Waals surface area contributed by atoms with Gasteiger partial charge in [0.05, 0.1) is 18.2 Å². The van der Waals surface area contributed by atoms with Gasteiger partial charge < -0.3 is 10.2 Å². The van der Waals surface area contributed by atoms with Gasteiger partial charge in [0.2, 0.25) is 11.8 Å². The molecule has 1 aliphatic heterocycles. The van der Waals surface area contributed by atoms with Crippen molar-refractivity contribution in [1.29, 1.82) is 0 Å². The number of carbonyl (C=O) groups excluding carboxylic acids is 2. The number of amides is 2. The highest BCUT2D eigenvalue weighted by atomic mass is 19.1. The summed E-state index contributed by atoms with van der Waals surface area (Å²) in [5, 5.41) is 7.02. The number of benzene rings is 1. The normalized spacial score (nSPS) is 20.6. The maximum atomic E-state index is 13.3. The Morgan fingerprint density at radius 1 is 1.40 bits per heavy atom. The number of halogens is 1. The monoisotopic (exact) mass is 344 g/mol. The number of aromatic nitrogens is 2. The quantitative estimate of drug-likeness (QED) is 0.919. The van der Waals surface area contributed by atoms with Crippen LogP contribution < -0.4 is 5.32 Å². The number of nitrogens with zero attached hydrogens (tertiary/aromatic N) is 3. The Morgan fingerprint density at radius 2 is 2.20 bits per heavy atom. The van der Waals surface area contributed by atoms with Gasteiger partial charge in [0.25, 0.3) is 0 Å². The second-order valence-electron chi connectivity index (χ2n) is 6.39. The molecule has 1 fully saturated rings. The molecule has 0 spiro atoms. The highest BCUT2D eigenvalue weighted by Gasteiger charge is 2.39. The predicted molar refractivity (Wildman–Crippen MR) is 89.7 cm³/mol. The molecule has 0 bridgehead atoms. The Bertz CT molecular complexity index is 789. The molecule has 0 unspecified atom stereocenters. The Balaban J connectivity index is 1.75. The van der Waals surface area contributed by atoms with Gasteiger partial charge in [-0.05, 0) is 24.1 Å². The molecule has 1 saturated heterocycles. The van der Waals surface area contributed by atoms with E-state index < -0.39 is 0 Å². The van der Waals surface area contributed by atoms with E-state index in [2.05, 4.69) is 10.4 Å². The van der Waals surface area contributed by atoms with Gasteiger partial charge in [-0.15, -0.1) is 0 Å². The van der Waals surface area contributed by atoms with E-state index in [1.807, 2.05) is 6.20 Å². The summed E-state index contributed by atoms with van der Waals surface area (Å²) in [6, 6.07) is 5.80. The molecule has 1 aliphatic rings. The zero-order chi connectivity index (χ0) is 18.0. The summed E-state index contributed by atoms with van der Waals surface area (Å²) in [6.07, 6.45) is 4.34. The summed E-state index contributed by atoms with van der Waals surface area (Å²) in [7, 11) is 3.51. The van der Waals surface area contributed by atoms with Crippen molar-refractivity contribution in [1.82, 2.24) is 20.0 Å². The molecule has 6 nitrogen and oxygen atoms in total. The van der Waals surface area contributed by atoms with E-state index in [1.165, 1.54) is 12.1 Å². The number of carbonyl (C=O) groups is 2. The Morgan fingerprint density at radius 3 is 2.88 bits per heavy atom. The second kappa shape index (κ2) is 7.04. The van der Waals surface area contributed by atoms with E-state index in [4.69, 9.17) is 0 Å². The van der Waals surface area contributed by atoms with E-state index in [0.29, 0.717) is 18.4 Å². The third-order valence-corrected chi connectivity index (χ3v) is 4.62. The molecular weight excluding hydrogens is 323 g/mol. The van der Waals surface area contributed by atoms with E-state index in [1.54, 1.807) is 42.0 Å². The van der Waals surface area contributed by atoms with Crippen LogP contribution in [-0.4, -0.2) is 33.5 Å². The van der Waals surface area contributed by atoms with E-state index in [-0.39, 0.29) is 36.1 Å². The van der Waals surface area contributed by atoms with Crippen LogP contribution in [0, 0.1) is 11.7 Å². The lowest BCUT2D eigenvalue weighted by molar-refractivity contribution is -0.141. The molecule has 1 aromatic carbocycles. The average Bonchev–Trinajstić information content (AvgIpc) is 3.01. The van der Waals surface area contributed by atoms with Crippen molar-refractivity contribution in [3.63, 3.8) is 0 Å². The first-order chi connectivity index (χ1) is 12.0. The van der Waals surface area contributed by atoms with E-state index >= 15 is 0 Å². The second-order valence-corrected chi connectivity index (χ2v) is 6.39. The van der Waals surface area contributed by atoms with Crippen molar-refractivity contribution in [3.8, 4) is 0 Å². The third kappa shape index (κ3) is 3.70. The molecule has 7 heteroatoms. The summed E-state index contributed by atoms with van der Waals surface area (Å²) in [6.45, 7) is 0.254. The Kier molecular flexibility index (Phi) is 4.83. The molecule has 25 heavy (non-hydrogen) atoms. The topological polar surface area (TPSA) is 67.2 Å². The number of rotatable bonds is 4. The predicted octanol–water partition coefficient (Wildman–Crippen LogP) is 1.79. The van der Waals surface area contributed by atoms with Gasteiger partial charge in [-0.1, -0.05) is 12.1 Å². The first-order valence-corrected chi connectivity index (χ1v) is 8.22. The van der Waals surface area contributed by atoms with Crippen LogP contribution in [0.15, 0.2) is 36.7 Å². The van der Waals surface area contributed by atoms with E-state index in [9.17, 15) is 14.0 Å². The highest BCUT2D eigenvalue weighted by molar-refractivity contribution is 5.84. The minimum absolute atomic E-state index is 0.0167. The molecule has 2 aromatic rings. The SMILES string of the molecule is CN1C(=O)CC[C@@H](C(=O)NCc2cccc(F)c2)[C@H]1c1cnn(C)c1. The lowest BCUT2D eigenvalue weighted by Crippen LogP contribution is -2.46.